The monoisotopic (exact) mass is 802 g/mol. The van der Waals surface area contributed by atoms with Crippen LogP contribution in [-0.4, -0.2) is 29.7 Å². The second-order valence-corrected chi connectivity index (χ2v) is 19.6. The van der Waals surface area contributed by atoms with Crippen molar-refractivity contribution in [1.29, 1.82) is 0 Å². The van der Waals surface area contributed by atoms with Gasteiger partial charge in [-0.2, -0.15) is 0 Å². The van der Waals surface area contributed by atoms with Gasteiger partial charge in [-0.05, 0) is 45.5 Å². The zero-order valence-electron chi connectivity index (χ0n) is 30.6. The van der Waals surface area contributed by atoms with Gasteiger partial charge in [0.25, 0.3) is 0 Å². The van der Waals surface area contributed by atoms with E-state index in [9.17, 15) is 19.3 Å². The van der Waals surface area contributed by atoms with Crippen molar-refractivity contribution in [2.45, 2.75) is 12.8 Å². The van der Waals surface area contributed by atoms with E-state index in [4.69, 9.17) is 0 Å². The van der Waals surface area contributed by atoms with Gasteiger partial charge in [-0.15, -0.1) is 0 Å². The molecule has 0 atom stereocenters. The van der Waals surface area contributed by atoms with Crippen molar-refractivity contribution >= 4 is 74.4 Å². The minimum atomic E-state index is -3.12. The maximum atomic E-state index is 15.0. The molecule has 8 aromatic rings. The number of hydrogen-bond donors (Lipinski definition) is 0. The van der Waals surface area contributed by atoms with Gasteiger partial charge in [0.15, 0.2) is 0 Å². The zero-order chi connectivity index (χ0) is 37.1. The van der Waals surface area contributed by atoms with E-state index in [2.05, 4.69) is 0 Å². The van der Waals surface area contributed by atoms with Gasteiger partial charge in [0.1, 0.15) is 14.3 Å². The average Bonchev–Trinajstić information content (AvgIpc) is 3.23. The van der Waals surface area contributed by atoms with Crippen molar-refractivity contribution in [1.82, 2.24) is 0 Å². The minimum absolute atomic E-state index is 0. The number of aryl methyl sites for hydroxylation is 2. The van der Waals surface area contributed by atoms with Crippen LogP contribution < -0.4 is 43.8 Å². The zero-order valence-corrected chi connectivity index (χ0v) is 34.3. The number of benzene rings is 8. The Hall–Kier alpha value is -4.84. The summed E-state index contributed by atoms with van der Waals surface area (Å²) in [6, 6.07) is 57.1. The first kappa shape index (κ1) is 40.8. The Morgan fingerprint density at radius 3 is 0.964 bits per heavy atom. The van der Waals surface area contributed by atoms with Gasteiger partial charge in [0, 0.05) is 33.5 Å². The normalized spacial score (nSPS) is 11.5. The summed E-state index contributed by atoms with van der Waals surface area (Å²) in [6.45, 7) is 0. The maximum Gasteiger partial charge on any atom is 3.00 e. The number of halogens is 1. The van der Waals surface area contributed by atoms with Gasteiger partial charge < -0.3 is 31.8 Å². The summed E-state index contributed by atoms with van der Waals surface area (Å²) in [6.07, 6.45) is 1.04. The molecule has 8 rings (SSSR count). The fraction of sp³-hybridized carbons (Fsp3) is 0.0833. The molecule has 0 N–H and O–H groups in total. The van der Waals surface area contributed by atoms with Crippen molar-refractivity contribution in [3.05, 3.63) is 193 Å². The van der Waals surface area contributed by atoms with Crippen LogP contribution >= 0.6 is 14.3 Å². The van der Waals surface area contributed by atoms with Crippen LogP contribution in [0.1, 0.15) is 11.1 Å². The van der Waals surface area contributed by atoms with Gasteiger partial charge in [0.05, 0.1) is 0 Å². The van der Waals surface area contributed by atoms with Crippen LogP contribution in [0.3, 0.4) is 0 Å². The van der Waals surface area contributed by atoms with Gasteiger partial charge in [-0.3, -0.25) is 0 Å². The third-order valence-corrected chi connectivity index (χ3v) is 16.7. The van der Waals surface area contributed by atoms with Crippen LogP contribution in [-0.2, 0) is 22.0 Å². The Labute approximate surface area is 345 Å². The minimum Gasteiger partial charge on any atom is -1.00 e. The molecule has 0 bridgehead atoms. The number of fused-ring (bicyclic) bond motifs is 2. The second-order valence-electron chi connectivity index (χ2n) is 13.7. The van der Waals surface area contributed by atoms with E-state index >= 15 is 0 Å². The molecule has 0 fully saturated rings. The molecule has 0 radical (unpaired) electrons. The van der Waals surface area contributed by atoms with Gasteiger partial charge in [0.2, 0.25) is 0 Å². The third kappa shape index (κ3) is 7.77. The average molecular weight is 803 g/mol. The van der Waals surface area contributed by atoms with Crippen molar-refractivity contribution in [3.63, 3.8) is 0 Å². The molecular weight excluding hydrogens is 765 g/mol. The first-order valence-corrected chi connectivity index (χ1v) is 22.0. The Morgan fingerprint density at radius 1 is 0.393 bits per heavy atom. The summed E-state index contributed by atoms with van der Waals surface area (Å²) >= 11 is 0. The number of hydrogen-bond acceptors (Lipinski definition) is 4. The molecule has 0 unspecified atom stereocenters. The Morgan fingerprint density at radius 2 is 0.661 bits per heavy atom. The molecule has 0 aliphatic rings. The molecule has 0 aromatic heterocycles. The molecule has 0 saturated carbocycles. The first-order valence-electron chi connectivity index (χ1n) is 18.2. The van der Waals surface area contributed by atoms with Crippen molar-refractivity contribution < 1.29 is 31.8 Å². The molecule has 274 valence electrons. The van der Waals surface area contributed by atoms with Crippen molar-refractivity contribution in [2.24, 2.45) is 0 Å². The summed E-state index contributed by atoms with van der Waals surface area (Å²) in [5.74, 6) is -0.472. The Bertz CT molecular complexity index is 2420. The summed E-state index contributed by atoms with van der Waals surface area (Å²) in [5.41, 5.74) is 1.74. The van der Waals surface area contributed by atoms with Crippen LogP contribution in [0.4, 0.5) is 0 Å². The summed E-state index contributed by atoms with van der Waals surface area (Å²) in [5, 5.41) is 35.8. The standard InChI is InChI=1S/C48H40O4P2.Al.ClH/c49-47-37(29-31-53(51,39-19-5-1-6-20-39)40-21-7-2-8-22-40)33-35-17-13-15-27-43(35)45(47)46-44-28-16-14-18-36(44)34-38(48(46)50)30-32-54(52,41-23-9-3-10-24-41)42-25-11-4-12-26-42;;/h1-28,33-34,49-50H,29-32H2;;1H/q;+3;/p-3. The summed E-state index contributed by atoms with van der Waals surface area (Å²) < 4.78 is 30.0. The van der Waals surface area contributed by atoms with Crippen LogP contribution in [0.25, 0.3) is 32.7 Å². The van der Waals surface area contributed by atoms with Crippen LogP contribution in [0.2, 0.25) is 0 Å². The predicted octanol–water partition coefficient (Wildman–Crippen LogP) is 5.54. The number of rotatable bonds is 11. The van der Waals surface area contributed by atoms with E-state index in [1.807, 2.05) is 182 Å². The molecule has 0 aliphatic carbocycles. The molecule has 0 spiro atoms. The van der Waals surface area contributed by atoms with Crippen molar-refractivity contribution in [3.8, 4) is 22.6 Å². The molecule has 56 heavy (non-hydrogen) atoms. The molecule has 4 nitrogen and oxygen atoms in total. The quantitative estimate of drug-likeness (QED) is 0.127. The predicted molar refractivity (Wildman–Crippen MR) is 228 cm³/mol. The molecule has 8 aromatic carbocycles. The third-order valence-electron chi connectivity index (χ3n) is 10.5. The maximum absolute atomic E-state index is 15.0. The van der Waals surface area contributed by atoms with E-state index in [0.717, 1.165) is 32.0 Å². The molecule has 0 amide bonds. The smallest absolute Gasteiger partial charge is 1.00 e. The molecule has 0 heterocycles. The van der Waals surface area contributed by atoms with Gasteiger partial charge in [-0.25, -0.2) is 0 Å². The Kier molecular flexibility index (Phi) is 12.8. The molecule has 0 aliphatic heterocycles. The van der Waals surface area contributed by atoms with E-state index in [0.29, 0.717) is 33.0 Å². The molecule has 0 saturated heterocycles. The van der Waals surface area contributed by atoms with E-state index in [1.54, 1.807) is 0 Å². The second kappa shape index (κ2) is 17.5. The van der Waals surface area contributed by atoms with Gasteiger partial charge >= 0.3 is 17.4 Å². The fourth-order valence-electron chi connectivity index (χ4n) is 7.69. The topological polar surface area (TPSA) is 80.3 Å². The van der Waals surface area contributed by atoms with E-state index < -0.39 is 14.3 Å². The Balaban J connectivity index is 0.00000266. The van der Waals surface area contributed by atoms with Crippen molar-refractivity contribution in [2.75, 3.05) is 12.3 Å². The van der Waals surface area contributed by atoms with Crippen LogP contribution in [0.5, 0.6) is 11.5 Å². The molecular formula is C48H38AlClO4P2. The summed E-state index contributed by atoms with van der Waals surface area (Å²) in [4.78, 5) is 0. The summed E-state index contributed by atoms with van der Waals surface area (Å²) in [7, 11) is -6.23. The largest absolute Gasteiger partial charge is 3.00 e. The molecule has 8 heteroatoms. The van der Waals surface area contributed by atoms with Crippen LogP contribution in [0, 0.1) is 0 Å². The van der Waals surface area contributed by atoms with Gasteiger partial charge in [-0.1, -0.05) is 205 Å². The fourth-order valence-corrected chi connectivity index (χ4v) is 13.0. The van der Waals surface area contributed by atoms with Crippen LogP contribution in [0.15, 0.2) is 182 Å². The van der Waals surface area contributed by atoms with E-state index in [-0.39, 0.29) is 66.4 Å². The van der Waals surface area contributed by atoms with E-state index in [1.165, 1.54) is 0 Å². The first-order chi connectivity index (χ1) is 26.4. The SMILES string of the molecule is O=P(CCc1cc2ccccc2c(-c2c([O-])c(CCP(=O)(c3ccccc3)c3ccccc3)cc3ccccc23)c1[O-])(c1ccccc1)c1ccccc1.[Al+3].[Cl-].